The fourth-order valence-corrected chi connectivity index (χ4v) is 2.83. The highest BCUT2D eigenvalue weighted by Gasteiger charge is 2.39. The van der Waals surface area contributed by atoms with Gasteiger partial charge >= 0.3 is 0 Å². The van der Waals surface area contributed by atoms with Crippen molar-refractivity contribution in [1.82, 2.24) is 0 Å². The van der Waals surface area contributed by atoms with E-state index >= 15 is 0 Å². The predicted molar refractivity (Wildman–Crippen MR) is 67.0 cm³/mol. The Balaban J connectivity index is 2.26. The van der Waals surface area contributed by atoms with Crippen molar-refractivity contribution in [2.75, 3.05) is 0 Å². The second-order valence-electron chi connectivity index (χ2n) is 4.68. The SMILES string of the molecule is CCC1(C(=O)c2ccc(Cl)cc2)CCCC1. The molecule has 0 heterocycles. The predicted octanol–water partition coefficient (Wildman–Crippen LogP) is 4.49. The number of halogens is 1. The van der Waals surface area contributed by atoms with Gasteiger partial charge in [0.15, 0.2) is 5.78 Å². The first kappa shape index (κ1) is 11.7. The molecule has 2 heteroatoms. The Morgan fingerprint density at radius 1 is 1.25 bits per heavy atom. The zero-order valence-electron chi connectivity index (χ0n) is 9.63. The van der Waals surface area contributed by atoms with Gasteiger partial charge < -0.3 is 0 Å². The van der Waals surface area contributed by atoms with Crippen LogP contribution in [0.3, 0.4) is 0 Å². The number of carbonyl (C=O) groups is 1. The normalized spacial score (nSPS) is 18.6. The van der Waals surface area contributed by atoms with Crippen molar-refractivity contribution < 1.29 is 4.79 Å². The molecule has 0 saturated heterocycles. The molecule has 0 aromatic heterocycles. The van der Waals surface area contributed by atoms with Gasteiger partial charge in [0.1, 0.15) is 0 Å². The minimum atomic E-state index is -0.0895. The molecule has 0 N–H and O–H groups in total. The first-order valence-corrected chi connectivity index (χ1v) is 6.36. The molecule has 86 valence electrons. The largest absolute Gasteiger partial charge is 0.294 e. The monoisotopic (exact) mass is 236 g/mol. The maximum Gasteiger partial charge on any atom is 0.168 e. The molecule has 0 spiro atoms. The van der Waals surface area contributed by atoms with Crippen LogP contribution >= 0.6 is 11.6 Å². The summed E-state index contributed by atoms with van der Waals surface area (Å²) in [5.41, 5.74) is 0.724. The maximum atomic E-state index is 12.5. The van der Waals surface area contributed by atoms with Crippen molar-refractivity contribution in [3.63, 3.8) is 0 Å². The highest BCUT2D eigenvalue weighted by Crippen LogP contribution is 2.43. The van der Waals surface area contributed by atoms with Gasteiger partial charge in [-0.2, -0.15) is 0 Å². The number of hydrogen-bond acceptors (Lipinski definition) is 1. The van der Waals surface area contributed by atoms with E-state index in [0.717, 1.165) is 24.8 Å². The average Bonchev–Trinajstić information content (AvgIpc) is 2.79. The molecule has 0 amide bonds. The highest BCUT2D eigenvalue weighted by molar-refractivity contribution is 6.30. The summed E-state index contributed by atoms with van der Waals surface area (Å²) < 4.78 is 0. The van der Waals surface area contributed by atoms with E-state index in [1.54, 1.807) is 12.1 Å². The molecule has 0 atom stereocenters. The minimum absolute atomic E-state index is 0.0895. The molecule has 1 fully saturated rings. The van der Waals surface area contributed by atoms with E-state index in [4.69, 9.17) is 11.6 Å². The van der Waals surface area contributed by atoms with Crippen LogP contribution in [0.5, 0.6) is 0 Å². The van der Waals surface area contributed by atoms with Gasteiger partial charge in [0.05, 0.1) is 0 Å². The smallest absolute Gasteiger partial charge is 0.168 e. The van der Waals surface area contributed by atoms with Crippen molar-refractivity contribution >= 4 is 17.4 Å². The zero-order valence-corrected chi connectivity index (χ0v) is 10.4. The van der Waals surface area contributed by atoms with E-state index in [9.17, 15) is 4.79 Å². The summed E-state index contributed by atoms with van der Waals surface area (Å²) in [4.78, 5) is 12.5. The average molecular weight is 237 g/mol. The third-order valence-corrected chi connectivity index (χ3v) is 4.08. The second kappa shape index (κ2) is 4.58. The lowest BCUT2D eigenvalue weighted by Crippen LogP contribution is -2.27. The van der Waals surface area contributed by atoms with Crippen LogP contribution in [0.15, 0.2) is 24.3 Å². The molecule has 1 aliphatic carbocycles. The molecule has 1 nitrogen and oxygen atoms in total. The summed E-state index contributed by atoms with van der Waals surface area (Å²) >= 11 is 5.83. The summed E-state index contributed by atoms with van der Waals surface area (Å²) in [6.07, 6.45) is 5.42. The lowest BCUT2D eigenvalue weighted by Gasteiger charge is -2.25. The molecule has 1 aromatic carbocycles. The molecule has 1 saturated carbocycles. The highest BCUT2D eigenvalue weighted by atomic mass is 35.5. The van der Waals surface area contributed by atoms with Crippen LogP contribution in [-0.2, 0) is 0 Å². The summed E-state index contributed by atoms with van der Waals surface area (Å²) in [5.74, 6) is 0.309. The Kier molecular flexibility index (Phi) is 3.34. The van der Waals surface area contributed by atoms with Gasteiger partial charge in [0, 0.05) is 16.0 Å². The first-order valence-electron chi connectivity index (χ1n) is 5.98. The number of benzene rings is 1. The van der Waals surface area contributed by atoms with E-state index in [0.29, 0.717) is 10.8 Å². The van der Waals surface area contributed by atoms with E-state index in [2.05, 4.69) is 6.92 Å². The first-order chi connectivity index (χ1) is 7.68. The van der Waals surface area contributed by atoms with Crippen LogP contribution in [0, 0.1) is 5.41 Å². The van der Waals surface area contributed by atoms with Crippen LogP contribution in [0.25, 0.3) is 0 Å². The number of carbonyl (C=O) groups excluding carboxylic acids is 1. The molecular formula is C14H17ClO. The van der Waals surface area contributed by atoms with Gasteiger partial charge in [0.2, 0.25) is 0 Å². The second-order valence-corrected chi connectivity index (χ2v) is 5.11. The molecule has 0 unspecified atom stereocenters. The number of ketones is 1. The molecule has 2 rings (SSSR count). The molecular weight excluding hydrogens is 220 g/mol. The third-order valence-electron chi connectivity index (χ3n) is 3.83. The summed E-state index contributed by atoms with van der Waals surface area (Å²) in [7, 11) is 0. The number of Topliss-reactive ketones (excluding diaryl/α,β-unsaturated/α-hetero) is 1. The van der Waals surface area contributed by atoms with Crippen LogP contribution in [0.2, 0.25) is 5.02 Å². The summed E-state index contributed by atoms with van der Waals surface area (Å²) in [6, 6.07) is 7.29. The lowest BCUT2D eigenvalue weighted by molar-refractivity contribution is 0.0791. The Morgan fingerprint density at radius 3 is 2.31 bits per heavy atom. The lowest BCUT2D eigenvalue weighted by atomic mass is 9.76. The quantitative estimate of drug-likeness (QED) is 0.707. The zero-order chi connectivity index (χ0) is 11.6. The van der Waals surface area contributed by atoms with Gasteiger partial charge in [-0.3, -0.25) is 4.79 Å². The summed E-state index contributed by atoms with van der Waals surface area (Å²) in [6.45, 7) is 2.12. The fourth-order valence-electron chi connectivity index (χ4n) is 2.70. The number of hydrogen-bond donors (Lipinski definition) is 0. The van der Waals surface area contributed by atoms with E-state index in [1.807, 2.05) is 12.1 Å². The van der Waals surface area contributed by atoms with Crippen molar-refractivity contribution in [2.24, 2.45) is 5.41 Å². The van der Waals surface area contributed by atoms with Gasteiger partial charge in [-0.1, -0.05) is 31.4 Å². The molecule has 1 aliphatic rings. The van der Waals surface area contributed by atoms with Gasteiger partial charge in [0.25, 0.3) is 0 Å². The fraction of sp³-hybridized carbons (Fsp3) is 0.500. The van der Waals surface area contributed by atoms with E-state index < -0.39 is 0 Å². The molecule has 1 aromatic rings. The van der Waals surface area contributed by atoms with Gasteiger partial charge in [-0.25, -0.2) is 0 Å². The molecule has 0 radical (unpaired) electrons. The molecule has 0 bridgehead atoms. The third kappa shape index (κ3) is 2.01. The van der Waals surface area contributed by atoms with Crippen LogP contribution in [-0.4, -0.2) is 5.78 Å². The van der Waals surface area contributed by atoms with Crippen molar-refractivity contribution in [2.45, 2.75) is 39.0 Å². The molecule has 16 heavy (non-hydrogen) atoms. The Bertz CT molecular complexity index is 374. The standard InChI is InChI=1S/C14H17ClO/c1-2-14(9-3-4-10-14)13(16)11-5-7-12(15)8-6-11/h5-8H,2-4,9-10H2,1H3. The topological polar surface area (TPSA) is 17.1 Å². The van der Waals surface area contributed by atoms with Crippen molar-refractivity contribution in [3.05, 3.63) is 34.9 Å². The maximum absolute atomic E-state index is 12.5. The molecule has 0 aliphatic heterocycles. The Labute approximate surface area is 102 Å². The van der Waals surface area contributed by atoms with Crippen LogP contribution in [0.4, 0.5) is 0 Å². The summed E-state index contributed by atoms with van der Waals surface area (Å²) in [5, 5.41) is 0.688. The van der Waals surface area contributed by atoms with Gasteiger partial charge in [-0.15, -0.1) is 0 Å². The van der Waals surface area contributed by atoms with Crippen LogP contribution in [0.1, 0.15) is 49.4 Å². The van der Waals surface area contributed by atoms with Crippen molar-refractivity contribution in [1.29, 1.82) is 0 Å². The van der Waals surface area contributed by atoms with Crippen molar-refractivity contribution in [3.8, 4) is 0 Å². The number of rotatable bonds is 3. The Hall–Kier alpha value is -0.820. The van der Waals surface area contributed by atoms with E-state index in [1.165, 1.54) is 12.8 Å². The Morgan fingerprint density at radius 2 is 1.81 bits per heavy atom. The van der Waals surface area contributed by atoms with E-state index in [-0.39, 0.29) is 5.41 Å². The van der Waals surface area contributed by atoms with Crippen LogP contribution < -0.4 is 0 Å². The van der Waals surface area contributed by atoms with Gasteiger partial charge in [-0.05, 0) is 43.5 Å². The minimum Gasteiger partial charge on any atom is -0.294 e.